The second-order valence-electron chi connectivity index (χ2n) is 6.02. The largest absolute Gasteiger partial charge is 0.368 e. The van der Waals surface area contributed by atoms with Gasteiger partial charge in [0.1, 0.15) is 6.04 Å². The first kappa shape index (κ1) is 17.9. The summed E-state index contributed by atoms with van der Waals surface area (Å²) < 4.78 is 0. The van der Waals surface area contributed by atoms with E-state index in [0.717, 1.165) is 30.5 Å². The molecule has 7 nitrogen and oxygen atoms in total. The molecule has 1 aliphatic heterocycles. The van der Waals surface area contributed by atoms with E-state index in [1.807, 2.05) is 31.2 Å². The normalized spacial score (nSPS) is 18.0. The number of amides is 3. The highest BCUT2D eigenvalue weighted by molar-refractivity contribution is 5.91. The molecule has 2 rings (SSSR count). The number of benzene rings is 1. The van der Waals surface area contributed by atoms with E-state index in [1.54, 1.807) is 0 Å². The number of rotatable bonds is 7. The maximum absolute atomic E-state index is 12.4. The predicted octanol–water partition coefficient (Wildman–Crippen LogP) is -0.624. The van der Waals surface area contributed by atoms with E-state index in [9.17, 15) is 14.4 Å². The summed E-state index contributed by atoms with van der Waals surface area (Å²) in [5.41, 5.74) is 7.08. The van der Waals surface area contributed by atoms with Crippen molar-refractivity contribution in [2.45, 2.75) is 38.3 Å². The van der Waals surface area contributed by atoms with E-state index in [2.05, 4.69) is 16.0 Å². The number of primary amides is 1. The fraction of sp³-hybridized carbons (Fsp3) is 0.471. The molecule has 1 aromatic rings. The summed E-state index contributed by atoms with van der Waals surface area (Å²) in [7, 11) is 0. The van der Waals surface area contributed by atoms with Gasteiger partial charge in [-0.2, -0.15) is 0 Å². The third-order valence-corrected chi connectivity index (χ3v) is 4.13. The van der Waals surface area contributed by atoms with Crippen LogP contribution < -0.4 is 21.7 Å². The van der Waals surface area contributed by atoms with Gasteiger partial charge in [-0.3, -0.25) is 14.4 Å². The molecule has 0 spiro atoms. The van der Waals surface area contributed by atoms with Crippen molar-refractivity contribution < 1.29 is 14.4 Å². The maximum atomic E-state index is 12.4. The Bertz CT molecular complexity index is 612. The van der Waals surface area contributed by atoms with E-state index in [0.29, 0.717) is 6.42 Å². The molecule has 0 saturated carbocycles. The Morgan fingerprint density at radius 1 is 1.33 bits per heavy atom. The van der Waals surface area contributed by atoms with E-state index >= 15 is 0 Å². The van der Waals surface area contributed by atoms with Crippen molar-refractivity contribution in [3.05, 3.63) is 35.4 Å². The van der Waals surface area contributed by atoms with Crippen LogP contribution in [0.15, 0.2) is 24.3 Å². The van der Waals surface area contributed by atoms with Crippen molar-refractivity contribution in [3.8, 4) is 0 Å². The SMILES string of the molecule is Cc1ccccc1C[C@@H](NC(=O)[C@@H]1CCCN1)C(=O)NCC(N)=O. The molecule has 5 N–H and O–H groups in total. The van der Waals surface area contributed by atoms with Crippen molar-refractivity contribution in [1.29, 1.82) is 0 Å². The highest BCUT2D eigenvalue weighted by atomic mass is 16.2. The lowest BCUT2D eigenvalue weighted by molar-refractivity contribution is -0.130. The van der Waals surface area contributed by atoms with E-state index in [-0.39, 0.29) is 18.5 Å². The molecular weight excluding hydrogens is 308 g/mol. The standard InChI is InChI=1S/C17H24N4O3/c1-11-5-2-3-6-12(11)9-14(16(23)20-10-15(18)22)21-17(24)13-7-4-8-19-13/h2-3,5-6,13-14,19H,4,7-10H2,1H3,(H2,18,22)(H,20,23)(H,21,24)/t13-,14+/m0/s1. The highest BCUT2D eigenvalue weighted by Gasteiger charge is 2.27. The summed E-state index contributed by atoms with van der Waals surface area (Å²) in [6.45, 7) is 2.50. The lowest BCUT2D eigenvalue weighted by atomic mass is 10.00. The summed E-state index contributed by atoms with van der Waals surface area (Å²) in [4.78, 5) is 35.6. The van der Waals surface area contributed by atoms with Crippen LogP contribution in [-0.4, -0.2) is 42.9 Å². The topological polar surface area (TPSA) is 113 Å². The second kappa shape index (κ2) is 8.44. The lowest BCUT2D eigenvalue weighted by Crippen LogP contribution is -2.53. The van der Waals surface area contributed by atoms with E-state index < -0.39 is 17.9 Å². The zero-order valence-corrected chi connectivity index (χ0v) is 13.8. The summed E-state index contributed by atoms with van der Waals surface area (Å²) >= 11 is 0. The number of aryl methyl sites for hydroxylation is 1. The van der Waals surface area contributed by atoms with Crippen LogP contribution in [0.5, 0.6) is 0 Å². The van der Waals surface area contributed by atoms with E-state index in [4.69, 9.17) is 5.73 Å². The third kappa shape index (κ3) is 5.06. The fourth-order valence-corrected chi connectivity index (χ4v) is 2.75. The Morgan fingerprint density at radius 2 is 2.08 bits per heavy atom. The predicted molar refractivity (Wildman–Crippen MR) is 90.0 cm³/mol. The van der Waals surface area contributed by atoms with Gasteiger partial charge in [0.25, 0.3) is 0 Å². The molecule has 1 heterocycles. The quantitative estimate of drug-likeness (QED) is 0.533. The molecule has 130 valence electrons. The lowest BCUT2D eigenvalue weighted by Gasteiger charge is -2.21. The van der Waals surface area contributed by atoms with Gasteiger partial charge in [-0.1, -0.05) is 24.3 Å². The van der Waals surface area contributed by atoms with Gasteiger partial charge in [0.15, 0.2) is 0 Å². The van der Waals surface area contributed by atoms with Gasteiger partial charge in [0, 0.05) is 6.42 Å². The van der Waals surface area contributed by atoms with Gasteiger partial charge in [-0.05, 0) is 37.4 Å². The summed E-state index contributed by atoms with van der Waals surface area (Å²) in [6.07, 6.45) is 2.05. The minimum Gasteiger partial charge on any atom is -0.368 e. The van der Waals surface area contributed by atoms with Crippen LogP contribution in [0, 0.1) is 6.92 Å². The van der Waals surface area contributed by atoms with Crippen molar-refractivity contribution >= 4 is 17.7 Å². The number of nitrogens with two attached hydrogens (primary N) is 1. The number of hydrogen-bond acceptors (Lipinski definition) is 4. The first-order valence-corrected chi connectivity index (χ1v) is 8.11. The van der Waals surface area contributed by atoms with Crippen molar-refractivity contribution in [2.75, 3.05) is 13.1 Å². The summed E-state index contributed by atoms with van der Waals surface area (Å²) in [5, 5.41) is 8.37. The zero-order valence-electron chi connectivity index (χ0n) is 13.8. The molecule has 24 heavy (non-hydrogen) atoms. The Kier molecular flexibility index (Phi) is 6.31. The number of nitrogens with one attached hydrogen (secondary N) is 3. The van der Waals surface area contributed by atoms with Gasteiger partial charge in [0.2, 0.25) is 17.7 Å². The van der Waals surface area contributed by atoms with Crippen molar-refractivity contribution in [2.24, 2.45) is 5.73 Å². The average Bonchev–Trinajstić information content (AvgIpc) is 3.08. The van der Waals surface area contributed by atoms with Crippen LogP contribution >= 0.6 is 0 Å². The highest BCUT2D eigenvalue weighted by Crippen LogP contribution is 2.11. The average molecular weight is 332 g/mol. The first-order chi connectivity index (χ1) is 11.5. The molecule has 0 unspecified atom stereocenters. The van der Waals surface area contributed by atoms with E-state index in [1.165, 1.54) is 0 Å². The molecule has 1 fully saturated rings. The smallest absolute Gasteiger partial charge is 0.243 e. The van der Waals surface area contributed by atoms with Gasteiger partial charge < -0.3 is 21.7 Å². The van der Waals surface area contributed by atoms with Crippen LogP contribution in [0.2, 0.25) is 0 Å². The molecule has 1 aliphatic rings. The second-order valence-corrected chi connectivity index (χ2v) is 6.02. The van der Waals surface area contributed by atoms with Crippen molar-refractivity contribution in [3.63, 3.8) is 0 Å². The molecule has 0 aliphatic carbocycles. The Hall–Kier alpha value is -2.41. The molecule has 3 amide bonds. The summed E-state index contributed by atoms with van der Waals surface area (Å²) in [6, 6.07) is 6.66. The monoisotopic (exact) mass is 332 g/mol. The van der Waals surface area contributed by atoms with Crippen LogP contribution in [0.25, 0.3) is 0 Å². The minimum atomic E-state index is -0.750. The third-order valence-electron chi connectivity index (χ3n) is 4.13. The van der Waals surface area contributed by atoms with Gasteiger partial charge in [-0.25, -0.2) is 0 Å². The Balaban J connectivity index is 2.07. The van der Waals surface area contributed by atoms with Gasteiger partial charge in [-0.15, -0.1) is 0 Å². The van der Waals surface area contributed by atoms with Crippen LogP contribution in [0.3, 0.4) is 0 Å². The minimum absolute atomic E-state index is 0.194. The Morgan fingerprint density at radius 3 is 2.71 bits per heavy atom. The fourth-order valence-electron chi connectivity index (χ4n) is 2.75. The number of carbonyl (C=O) groups excluding carboxylic acids is 3. The van der Waals surface area contributed by atoms with Gasteiger partial charge >= 0.3 is 0 Å². The van der Waals surface area contributed by atoms with Gasteiger partial charge in [0.05, 0.1) is 12.6 Å². The maximum Gasteiger partial charge on any atom is 0.243 e. The molecule has 1 aromatic carbocycles. The van der Waals surface area contributed by atoms with Crippen LogP contribution in [-0.2, 0) is 20.8 Å². The summed E-state index contributed by atoms with van der Waals surface area (Å²) in [5.74, 6) is -1.23. The molecule has 1 saturated heterocycles. The molecule has 7 heteroatoms. The number of hydrogen-bond donors (Lipinski definition) is 4. The molecule has 0 aromatic heterocycles. The molecule has 2 atom stereocenters. The van der Waals surface area contributed by atoms with Crippen molar-refractivity contribution in [1.82, 2.24) is 16.0 Å². The number of carbonyl (C=O) groups is 3. The molecule has 0 radical (unpaired) electrons. The first-order valence-electron chi connectivity index (χ1n) is 8.11. The Labute approximate surface area is 141 Å². The van der Waals surface area contributed by atoms with Crippen LogP contribution in [0.1, 0.15) is 24.0 Å². The van der Waals surface area contributed by atoms with Crippen LogP contribution in [0.4, 0.5) is 0 Å². The molecular formula is C17H24N4O3. The zero-order chi connectivity index (χ0) is 17.5. The molecule has 0 bridgehead atoms.